The van der Waals surface area contributed by atoms with E-state index in [1.54, 1.807) is 25.3 Å². The third-order valence-corrected chi connectivity index (χ3v) is 5.98. The smallest absolute Gasteiger partial charge is 0.255 e. The number of aryl methyl sites for hydroxylation is 1. The Hall–Kier alpha value is -2.63. The van der Waals surface area contributed by atoms with Crippen LogP contribution in [0.4, 0.5) is 17.6 Å². The van der Waals surface area contributed by atoms with E-state index in [2.05, 4.69) is 11.1 Å². The van der Waals surface area contributed by atoms with E-state index in [0.717, 1.165) is 24.1 Å². The molecule has 0 amide bonds. The molecule has 6 heteroatoms. The van der Waals surface area contributed by atoms with Gasteiger partial charge in [0.2, 0.25) is 5.82 Å². The van der Waals surface area contributed by atoms with Gasteiger partial charge < -0.3 is 4.74 Å². The van der Waals surface area contributed by atoms with E-state index in [4.69, 9.17) is 4.74 Å². The lowest BCUT2D eigenvalue weighted by molar-refractivity contribution is -0.0625. The van der Waals surface area contributed by atoms with Gasteiger partial charge in [-0.15, -0.1) is 0 Å². The van der Waals surface area contributed by atoms with E-state index in [1.807, 2.05) is 25.1 Å². The van der Waals surface area contributed by atoms with Crippen LogP contribution in [0.1, 0.15) is 68.2 Å². The number of halogens is 4. The molecule has 2 unspecified atom stereocenters. The molecule has 1 aliphatic carbocycles. The summed E-state index contributed by atoms with van der Waals surface area (Å²) in [5, 5.41) is 0. The molecule has 2 aromatic rings. The number of alkyl halides is 2. The molecule has 1 fully saturated rings. The average Bonchev–Trinajstić information content (AvgIpc) is 2.77. The highest BCUT2D eigenvalue weighted by molar-refractivity contribution is 5.35. The van der Waals surface area contributed by atoms with Crippen LogP contribution < -0.4 is 4.74 Å². The highest BCUT2D eigenvalue weighted by atomic mass is 19.3. The molecule has 2 atom stereocenters. The predicted octanol–water partition coefficient (Wildman–Crippen LogP) is 7.51. The zero-order valence-corrected chi connectivity index (χ0v) is 18.5. The molecule has 0 spiro atoms. The van der Waals surface area contributed by atoms with Crippen LogP contribution in [0.2, 0.25) is 0 Å². The molecule has 1 saturated carbocycles. The highest BCUT2D eigenvalue weighted by Gasteiger charge is 2.47. The first-order valence-corrected chi connectivity index (χ1v) is 11.0. The fourth-order valence-electron chi connectivity index (χ4n) is 4.20. The molecule has 1 aliphatic rings. The van der Waals surface area contributed by atoms with E-state index in [0.29, 0.717) is 6.42 Å². The molecule has 3 rings (SSSR count). The summed E-state index contributed by atoms with van der Waals surface area (Å²) < 4.78 is 64.4. The first-order valence-electron chi connectivity index (χ1n) is 11.0. The molecular formula is C26H29F4NO. The summed E-state index contributed by atoms with van der Waals surface area (Å²) in [5.74, 6) is -7.64. The van der Waals surface area contributed by atoms with Gasteiger partial charge in [0.25, 0.3) is 5.92 Å². The van der Waals surface area contributed by atoms with Crippen LogP contribution in [0.25, 0.3) is 0 Å². The molecule has 0 saturated heterocycles. The summed E-state index contributed by atoms with van der Waals surface area (Å²) in [5.41, 5.74) is 1.39. The van der Waals surface area contributed by atoms with Gasteiger partial charge in [-0.25, -0.2) is 13.2 Å². The number of hydrogen-bond acceptors (Lipinski definition) is 2. The Balaban J connectivity index is 1.72. The molecule has 2 nitrogen and oxygen atoms in total. The third kappa shape index (κ3) is 5.59. The number of rotatable bonds is 8. The monoisotopic (exact) mass is 447 g/mol. The van der Waals surface area contributed by atoms with Crippen molar-refractivity contribution in [3.8, 4) is 5.75 Å². The zero-order chi connectivity index (χ0) is 23.1. The summed E-state index contributed by atoms with van der Waals surface area (Å²) in [6.07, 6.45) is 10.9. The second kappa shape index (κ2) is 10.8. The lowest BCUT2D eigenvalue weighted by Crippen LogP contribution is -2.34. The summed E-state index contributed by atoms with van der Waals surface area (Å²) in [6, 6.07) is 6.19. The molecule has 0 aliphatic heterocycles. The van der Waals surface area contributed by atoms with Crippen LogP contribution in [-0.2, 0) is 6.42 Å². The molecule has 1 aromatic heterocycles. The molecule has 32 heavy (non-hydrogen) atoms. The molecule has 1 heterocycles. The van der Waals surface area contributed by atoms with Crippen molar-refractivity contribution >= 4 is 0 Å². The first-order chi connectivity index (χ1) is 15.4. The predicted molar refractivity (Wildman–Crippen MR) is 118 cm³/mol. The number of nitrogens with zero attached hydrogens (tertiary/aromatic N) is 1. The van der Waals surface area contributed by atoms with Gasteiger partial charge >= 0.3 is 0 Å². The van der Waals surface area contributed by atoms with E-state index in [-0.39, 0.29) is 30.3 Å². The Bertz CT molecular complexity index is 953. The van der Waals surface area contributed by atoms with E-state index < -0.39 is 29.9 Å². The highest BCUT2D eigenvalue weighted by Crippen LogP contribution is 2.50. The van der Waals surface area contributed by atoms with Crippen molar-refractivity contribution in [1.82, 2.24) is 4.98 Å². The van der Waals surface area contributed by atoms with Crippen molar-refractivity contribution < 1.29 is 22.3 Å². The van der Waals surface area contributed by atoms with Crippen LogP contribution in [0.5, 0.6) is 5.75 Å². The zero-order valence-electron chi connectivity index (χ0n) is 18.5. The van der Waals surface area contributed by atoms with Crippen molar-refractivity contribution in [1.29, 1.82) is 0 Å². The fourth-order valence-corrected chi connectivity index (χ4v) is 4.20. The summed E-state index contributed by atoms with van der Waals surface area (Å²) in [4.78, 5) is 4.41. The summed E-state index contributed by atoms with van der Waals surface area (Å²) in [7, 11) is 0. The minimum absolute atomic E-state index is 0.0653. The molecule has 0 N–H and O–H groups in total. The van der Waals surface area contributed by atoms with Gasteiger partial charge in [0.1, 0.15) is 6.61 Å². The number of aromatic nitrogens is 1. The molecule has 0 radical (unpaired) electrons. The number of ether oxygens (including phenoxy) is 1. The second-order valence-electron chi connectivity index (χ2n) is 8.14. The van der Waals surface area contributed by atoms with E-state index in [1.165, 1.54) is 12.1 Å². The quantitative estimate of drug-likeness (QED) is 0.309. The Kier molecular flexibility index (Phi) is 8.10. The average molecular weight is 448 g/mol. The Morgan fingerprint density at radius 3 is 2.47 bits per heavy atom. The van der Waals surface area contributed by atoms with Gasteiger partial charge in [-0.2, -0.15) is 4.39 Å². The summed E-state index contributed by atoms with van der Waals surface area (Å²) in [6.45, 7) is 3.81. The van der Waals surface area contributed by atoms with Gasteiger partial charge in [0, 0.05) is 23.9 Å². The van der Waals surface area contributed by atoms with Crippen LogP contribution in [0.3, 0.4) is 0 Å². The number of hydrogen-bond donors (Lipinski definition) is 0. The third-order valence-electron chi connectivity index (χ3n) is 5.98. The molecule has 172 valence electrons. The van der Waals surface area contributed by atoms with Crippen LogP contribution in [-0.4, -0.2) is 17.5 Å². The van der Waals surface area contributed by atoms with Crippen molar-refractivity contribution in [2.45, 2.75) is 63.7 Å². The van der Waals surface area contributed by atoms with Crippen molar-refractivity contribution in [3.05, 3.63) is 83.2 Å². The maximum Gasteiger partial charge on any atom is 0.255 e. The topological polar surface area (TPSA) is 22.1 Å². The van der Waals surface area contributed by atoms with Crippen molar-refractivity contribution in [2.75, 3.05) is 6.61 Å². The minimum atomic E-state index is -3.16. The minimum Gasteiger partial charge on any atom is -0.486 e. The molecule has 0 bridgehead atoms. The van der Waals surface area contributed by atoms with Crippen molar-refractivity contribution in [2.24, 2.45) is 0 Å². The molecule has 1 aromatic carbocycles. The van der Waals surface area contributed by atoms with Crippen LogP contribution >= 0.6 is 0 Å². The lowest BCUT2D eigenvalue weighted by atomic mass is 9.73. The van der Waals surface area contributed by atoms with E-state index >= 15 is 8.78 Å². The van der Waals surface area contributed by atoms with Gasteiger partial charge in [0.05, 0.1) is 5.92 Å². The maximum atomic E-state index is 15.1. The summed E-state index contributed by atoms with van der Waals surface area (Å²) >= 11 is 0. The standard InChI is InChI=1S/C26H29F4NO/c1-3-5-7-8-20-11-9-19(17-31-20)18-10-13-22(26(29,30)16-18)21-12-14-23(25(28)24(21)27)32-15-6-4-2/h3-6,9,11-12,14,17-18,22H,7-8,10,13,15-16H2,1-2H3/b5-3+,6-4+. The first kappa shape index (κ1) is 24.0. The largest absolute Gasteiger partial charge is 0.486 e. The Morgan fingerprint density at radius 1 is 1.03 bits per heavy atom. The van der Waals surface area contributed by atoms with E-state index in [9.17, 15) is 8.78 Å². The maximum absolute atomic E-state index is 15.1. The van der Waals surface area contributed by atoms with Gasteiger partial charge in [-0.3, -0.25) is 4.98 Å². The van der Waals surface area contributed by atoms with Gasteiger partial charge in [-0.05, 0) is 63.1 Å². The number of pyridine rings is 1. The molecular weight excluding hydrogens is 418 g/mol. The van der Waals surface area contributed by atoms with Gasteiger partial charge in [0.15, 0.2) is 11.6 Å². The van der Waals surface area contributed by atoms with Gasteiger partial charge in [-0.1, -0.05) is 36.4 Å². The second-order valence-corrected chi connectivity index (χ2v) is 8.14. The lowest BCUT2D eigenvalue weighted by Gasteiger charge is -2.36. The Morgan fingerprint density at radius 2 is 1.81 bits per heavy atom. The van der Waals surface area contributed by atoms with Crippen molar-refractivity contribution in [3.63, 3.8) is 0 Å². The SMILES string of the molecule is C/C=C/CCc1ccc(C2CCC(c3ccc(OC/C=C/C)c(F)c3F)C(F)(F)C2)cn1. The Labute approximate surface area is 187 Å². The van der Waals surface area contributed by atoms with Crippen LogP contribution in [0.15, 0.2) is 54.8 Å². The normalized spacial score (nSPS) is 20.8. The fraction of sp³-hybridized carbons (Fsp3) is 0.423. The number of benzene rings is 1. The van der Waals surface area contributed by atoms with Crippen LogP contribution in [0, 0.1) is 11.6 Å². The number of allylic oxidation sites excluding steroid dienone is 3.